The Morgan fingerprint density at radius 2 is 1.89 bits per heavy atom. The first kappa shape index (κ1) is 19.2. The van der Waals surface area contributed by atoms with Gasteiger partial charge in [-0.3, -0.25) is 4.79 Å². The summed E-state index contributed by atoms with van der Waals surface area (Å²) in [5.74, 6) is 0.334. The summed E-state index contributed by atoms with van der Waals surface area (Å²) in [7, 11) is 0. The molecule has 4 nitrogen and oxygen atoms in total. The van der Waals surface area contributed by atoms with E-state index < -0.39 is 23.8 Å². The molecule has 27 heavy (non-hydrogen) atoms. The minimum atomic E-state index is -0.987. The van der Waals surface area contributed by atoms with Crippen molar-refractivity contribution in [3.05, 3.63) is 70.8 Å². The fourth-order valence-electron chi connectivity index (χ4n) is 3.16. The molecule has 1 aliphatic heterocycles. The van der Waals surface area contributed by atoms with E-state index in [1.54, 1.807) is 0 Å². The number of esters is 1. The molecular weight excluding hydrogens is 340 g/mol. The molecule has 0 aliphatic carbocycles. The fourth-order valence-corrected chi connectivity index (χ4v) is 3.16. The van der Waals surface area contributed by atoms with Crippen LogP contribution in [0.3, 0.4) is 0 Å². The van der Waals surface area contributed by atoms with Crippen molar-refractivity contribution in [3.63, 3.8) is 0 Å². The Morgan fingerprint density at radius 1 is 1.19 bits per heavy atom. The van der Waals surface area contributed by atoms with Crippen molar-refractivity contribution < 1.29 is 19.4 Å². The summed E-state index contributed by atoms with van der Waals surface area (Å²) in [6.45, 7) is 7.44. The molecule has 0 unspecified atom stereocenters. The lowest BCUT2D eigenvalue weighted by molar-refractivity contribution is -0.156. The van der Waals surface area contributed by atoms with Gasteiger partial charge in [0.1, 0.15) is 17.5 Å². The summed E-state index contributed by atoms with van der Waals surface area (Å²) in [4.78, 5) is 12.2. The molecule has 142 valence electrons. The number of fused-ring (bicyclic) bond motifs is 1. The molecule has 1 aliphatic rings. The maximum Gasteiger partial charge on any atom is 0.309 e. The van der Waals surface area contributed by atoms with Gasteiger partial charge >= 0.3 is 5.97 Å². The Bertz CT molecular complexity index is 846. The van der Waals surface area contributed by atoms with Gasteiger partial charge in [-0.15, -0.1) is 0 Å². The zero-order valence-corrected chi connectivity index (χ0v) is 16.2. The van der Waals surface area contributed by atoms with Crippen molar-refractivity contribution >= 4 is 12.0 Å². The number of ether oxygens (including phenoxy) is 2. The van der Waals surface area contributed by atoms with Gasteiger partial charge in [-0.1, -0.05) is 42.0 Å². The van der Waals surface area contributed by atoms with Crippen LogP contribution in [0.2, 0.25) is 0 Å². The lowest BCUT2D eigenvalue weighted by Crippen LogP contribution is -2.29. The van der Waals surface area contributed by atoms with Crippen LogP contribution >= 0.6 is 0 Å². The van der Waals surface area contributed by atoms with Gasteiger partial charge in [-0.05, 0) is 51.5 Å². The third-order valence-corrected chi connectivity index (χ3v) is 4.30. The van der Waals surface area contributed by atoms with Crippen LogP contribution in [-0.4, -0.2) is 22.8 Å². The van der Waals surface area contributed by atoms with Crippen molar-refractivity contribution in [2.45, 2.75) is 51.9 Å². The number of carbonyl (C=O) groups excluding carboxylic acids is 1. The van der Waals surface area contributed by atoms with E-state index in [1.807, 2.05) is 82.3 Å². The molecule has 0 saturated heterocycles. The van der Waals surface area contributed by atoms with Crippen LogP contribution in [0.25, 0.3) is 6.08 Å². The Hall–Kier alpha value is -2.59. The monoisotopic (exact) mass is 366 g/mol. The van der Waals surface area contributed by atoms with E-state index in [-0.39, 0.29) is 6.42 Å². The minimum Gasteiger partial charge on any atom is -0.481 e. The van der Waals surface area contributed by atoms with Gasteiger partial charge in [-0.25, -0.2) is 0 Å². The molecule has 0 saturated carbocycles. The van der Waals surface area contributed by atoms with E-state index in [0.717, 1.165) is 22.4 Å². The van der Waals surface area contributed by atoms with Crippen LogP contribution in [0.5, 0.6) is 5.75 Å². The van der Waals surface area contributed by atoms with Crippen LogP contribution < -0.4 is 4.74 Å². The minimum absolute atomic E-state index is 0.114. The maximum absolute atomic E-state index is 12.2. The molecular formula is C23H26O4. The summed E-state index contributed by atoms with van der Waals surface area (Å²) < 4.78 is 11.6. The van der Waals surface area contributed by atoms with Crippen molar-refractivity contribution in [2.24, 2.45) is 0 Å². The van der Waals surface area contributed by atoms with Crippen LogP contribution in [0.4, 0.5) is 0 Å². The van der Waals surface area contributed by atoms with E-state index >= 15 is 0 Å². The average Bonchev–Trinajstić information content (AvgIpc) is 2.59. The predicted octanol–water partition coefficient (Wildman–Crippen LogP) is 4.60. The molecule has 3 rings (SSSR count). The largest absolute Gasteiger partial charge is 0.481 e. The number of aliphatic hydroxyl groups excluding tert-OH is 1. The second kappa shape index (κ2) is 7.57. The molecule has 0 radical (unpaired) electrons. The zero-order chi connectivity index (χ0) is 19.6. The molecule has 1 N–H and O–H groups in total. The topological polar surface area (TPSA) is 55.8 Å². The van der Waals surface area contributed by atoms with E-state index in [9.17, 15) is 9.90 Å². The normalized spacial score (nSPS) is 17.4. The molecule has 4 heteroatoms. The van der Waals surface area contributed by atoms with Gasteiger partial charge in [0.2, 0.25) is 0 Å². The number of hydrogen-bond donors (Lipinski definition) is 1. The number of aliphatic hydroxyl groups is 1. The van der Waals surface area contributed by atoms with Crippen molar-refractivity contribution in [1.82, 2.24) is 0 Å². The summed E-state index contributed by atoms with van der Waals surface area (Å²) in [5.41, 5.74) is 3.01. The lowest BCUT2D eigenvalue weighted by atomic mass is 9.90. The molecule has 2 aromatic rings. The van der Waals surface area contributed by atoms with Crippen LogP contribution in [0, 0.1) is 6.92 Å². The van der Waals surface area contributed by atoms with Gasteiger partial charge in [-0.2, -0.15) is 0 Å². The Balaban J connectivity index is 1.93. The van der Waals surface area contributed by atoms with Gasteiger partial charge in [0.05, 0.1) is 12.5 Å². The first-order chi connectivity index (χ1) is 12.7. The third-order valence-electron chi connectivity index (χ3n) is 4.30. The van der Waals surface area contributed by atoms with Crippen molar-refractivity contribution in [3.8, 4) is 5.75 Å². The molecule has 1 heterocycles. The van der Waals surface area contributed by atoms with Crippen LogP contribution in [0.1, 0.15) is 50.0 Å². The summed E-state index contributed by atoms with van der Waals surface area (Å²) >= 11 is 0. The standard InChI is InChI=1S/C23H26O4/c1-15-10-11-20-17(12-15)13-18(19(24)14-21(25)27-23(2,3)4)22(26-20)16-8-6-5-7-9-16/h5-13,19,22,24H,14H2,1-4H3/t19-,22+/m0/s1. The Labute approximate surface area is 160 Å². The van der Waals surface area contributed by atoms with Crippen LogP contribution in [-0.2, 0) is 9.53 Å². The smallest absolute Gasteiger partial charge is 0.309 e. The quantitative estimate of drug-likeness (QED) is 0.803. The highest BCUT2D eigenvalue weighted by Gasteiger charge is 2.31. The van der Waals surface area contributed by atoms with Gasteiger partial charge < -0.3 is 14.6 Å². The Kier molecular flexibility index (Phi) is 5.38. The predicted molar refractivity (Wildman–Crippen MR) is 105 cm³/mol. The number of carbonyl (C=O) groups is 1. The SMILES string of the molecule is Cc1ccc2c(c1)C=C([C@@H](O)CC(=O)OC(C)(C)C)[C@@H](c1ccccc1)O2. The van der Waals surface area contributed by atoms with E-state index in [4.69, 9.17) is 9.47 Å². The van der Waals surface area contributed by atoms with E-state index in [2.05, 4.69) is 0 Å². The maximum atomic E-state index is 12.2. The highest BCUT2D eigenvalue weighted by Crippen LogP contribution is 2.39. The van der Waals surface area contributed by atoms with E-state index in [1.165, 1.54) is 0 Å². The fraction of sp³-hybridized carbons (Fsp3) is 0.348. The number of benzene rings is 2. The summed E-state index contributed by atoms with van der Waals surface area (Å²) in [6.07, 6.45) is 0.382. The molecule has 0 amide bonds. The Morgan fingerprint density at radius 3 is 2.56 bits per heavy atom. The first-order valence-corrected chi connectivity index (χ1v) is 9.16. The van der Waals surface area contributed by atoms with Gasteiger partial charge in [0.15, 0.2) is 0 Å². The summed E-state index contributed by atoms with van der Waals surface area (Å²) in [5, 5.41) is 10.8. The van der Waals surface area contributed by atoms with Gasteiger partial charge in [0, 0.05) is 11.1 Å². The van der Waals surface area contributed by atoms with Crippen molar-refractivity contribution in [1.29, 1.82) is 0 Å². The summed E-state index contributed by atoms with van der Waals surface area (Å²) in [6, 6.07) is 15.7. The number of rotatable bonds is 4. The second-order valence-electron chi connectivity index (χ2n) is 7.90. The average molecular weight is 366 g/mol. The lowest BCUT2D eigenvalue weighted by Gasteiger charge is -2.30. The highest BCUT2D eigenvalue weighted by atomic mass is 16.6. The molecule has 0 aromatic heterocycles. The first-order valence-electron chi connectivity index (χ1n) is 9.16. The zero-order valence-electron chi connectivity index (χ0n) is 16.2. The van der Waals surface area contributed by atoms with E-state index in [0.29, 0.717) is 5.57 Å². The van der Waals surface area contributed by atoms with Crippen molar-refractivity contribution in [2.75, 3.05) is 0 Å². The molecule has 2 atom stereocenters. The van der Waals surface area contributed by atoms with Crippen LogP contribution in [0.15, 0.2) is 54.1 Å². The van der Waals surface area contributed by atoms with Gasteiger partial charge in [0.25, 0.3) is 0 Å². The molecule has 0 fully saturated rings. The number of hydrogen-bond acceptors (Lipinski definition) is 4. The second-order valence-corrected chi connectivity index (χ2v) is 7.90. The molecule has 0 spiro atoms. The number of aryl methyl sites for hydroxylation is 1. The highest BCUT2D eigenvalue weighted by molar-refractivity contribution is 5.73. The molecule has 0 bridgehead atoms. The molecule has 2 aromatic carbocycles. The third kappa shape index (κ3) is 4.77.